The number of fused-ring (bicyclic) bond motifs is 6. The maximum absolute atomic E-state index is 13.9. The van der Waals surface area contributed by atoms with Crippen LogP contribution in [0.15, 0.2) is 59.5 Å². The molecule has 3 aliphatic carbocycles. The van der Waals surface area contributed by atoms with E-state index in [1.807, 2.05) is 43.3 Å². The molecule has 5 heteroatoms. The van der Waals surface area contributed by atoms with Crippen LogP contribution in [-0.4, -0.2) is 27.6 Å². The number of carbonyl (C=O) groups excluding carboxylic acids is 2. The summed E-state index contributed by atoms with van der Waals surface area (Å²) in [5.74, 6) is -0.765. The third-order valence-electron chi connectivity index (χ3n) is 6.47. The highest BCUT2D eigenvalue weighted by Gasteiger charge is 2.69. The van der Waals surface area contributed by atoms with Crippen LogP contribution in [0.25, 0.3) is 0 Å². The molecule has 2 aromatic carbocycles. The summed E-state index contributed by atoms with van der Waals surface area (Å²) in [5.41, 5.74) is 1.74. The number of methoxy groups -OCH3 is 1. The van der Waals surface area contributed by atoms with Gasteiger partial charge in [-0.2, -0.15) is 0 Å². The molecule has 2 bridgehead atoms. The van der Waals surface area contributed by atoms with E-state index < -0.39 is 21.5 Å². The molecule has 1 saturated carbocycles. The van der Waals surface area contributed by atoms with Crippen molar-refractivity contribution in [3.63, 3.8) is 0 Å². The summed E-state index contributed by atoms with van der Waals surface area (Å²) in [4.78, 5) is 28.1. The monoisotopic (exact) mass is 392 g/mol. The number of rotatable bonds is 3. The predicted molar refractivity (Wildman–Crippen MR) is 106 cm³/mol. The van der Waals surface area contributed by atoms with Crippen LogP contribution < -0.4 is 4.74 Å². The molecule has 0 radical (unpaired) electrons. The molecule has 142 valence electrons. The van der Waals surface area contributed by atoms with Crippen LogP contribution in [0, 0.1) is 24.7 Å². The van der Waals surface area contributed by atoms with Gasteiger partial charge in [-0.25, -0.2) is 0 Å². The first kappa shape index (κ1) is 17.6. The molecule has 3 aliphatic rings. The fourth-order valence-corrected chi connectivity index (χ4v) is 7.26. The molecule has 0 heterocycles. The van der Waals surface area contributed by atoms with Gasteiger partial charge in [0.1, 0.15) is 10.5 Å². The van der Waals surface area contributed by atoms with E-state index in [2.05, 4.69) is 0 Å². The van der Waals surface area contributed by atoms with Gasteiger partial charge in [0.05, 0.1) is 29.4 Å². The molecule has 0 N–H and O–H groups in total. The summed E-state index contributed by atoms with van der Waals surface area (Å²) in [5, 5.41) is 0. The summed E-state index contributed by atoms with van der Waals surface area (Å²) in [7, 11) is -0.133. The molecule has 0 saturated heterocycles. The van der Waals surface area contributed by atoms with Gasteiger partial charge in [-0.3, -0.25) is 13.8 Å². The number of carbonyl (C=O) groups is 2. The van der Waals surface area contributed by atoms with Crippen molar-refractivity contribution in [1.29, 1.82) is 0 Å². The van der Waals surface area contributed by atoms with Crippen molar-refractivity contribution in [3.8, 4) is 5.75 Å². The molecule has 28 heavy (non-hydrogen) atoms. The van der Waals surface area contributed by atoms with Crippen LogP contribution in [0.1, 0.15) is 32.7 Å². The fourth-order valence-electron chi connectivity index (χ4n) is 5.24. The molecule has 0 spiro atoms. The fraction of sp³-hybridized carbons (Fsp3) is 0.304. The van der Waals surface area contributed by atoms with Crippen LogP contribution in [0.3, 0.4) is 0 Å². The van der Waals surface area contributed by atoms with Gasteiger partial charge in [0.2, 0.25) is 0 Å². The van der Waals surface area contributed by atoms with E-state index in [0.717, 1.165) is 5.56 Å². The molecule has 4 nitrogen and oxygen atoms in total. The Hall–Kier alpha value is -2.53. The van der Waals surface area contributed by atoms with Crippen molar-refractivity contribution in [2.45, 2.75) is 23.0 Å². The summed E-state index contributed by atoms with van der Waals surface area (Å²) in [6, 6.07) is 12.5. The third-order valence-corrected chi connectivity index (χ3v) is 8.53. The highest BCUT2D eigenvalue weighted by atomic mass is 32.2. The number of aryl methyl sites for hydroxylation is 1. The summed E-state index contributed by atoms with van der Waals surface area (Å²) < 4.78 is 18.1. The van der Waals surface area contributed by atoms with Gasteiger partial charge in [0, 0.05) is 16.4 Å². The number of ether oxygens (including phenoxy) is 1. The minimum atomic E-state index is -1.63. The van der Waals surface area contributed by atoms with Crippen molar-refractivity contribution >= 4 is 22.4 Å². The Kier molecular flexibility index (Phi) is 3.75. The van der Waals surface area contributed by atoms with Crippen LogP contribution in [0.4, 0.5) is 0 Å². The first-order valence-electron chi connectivity index (χ1n) is 9.43. The highest BCUT2D eigenvalue weighted by Crippen LogP contribution is 2.59. The zero-order valence-corrected chi connectivity index (χ0v) is 16.5. The van der Waals surface area contributed by atoms with E-state index in [9.17, 15) is 13.8 Å². The smallest absolute Gasteiger partial charge is 0.184 e. The molecule has 0 amide bonds. The lowest BCUT2D eigenvalue weighted by Crippen LogP contribution is -2.58. The lowest BCUT2D eigenvalue weighted by molar-refractivity contribution is 0.0749. The van der Waals surface area contributed by atoms with Crippen LogP contribution in [0.5, 0.6) is 5.75 Å². The number of allylic oxidation sites excluding steroid dienone is 2. The summed E-state index contributed by atoms with van der Waals surface area (Å²) >= 11 is 0. The Morgan fingerprint density at radius 2 is 1.82 bits per heavy atom. The van der Waals surface area contributed by atoms with Crippen LogP contribution in [0.2, 0.25) is 0 Å². The van der Waals surface area contributed by atoms with Gasteiger partial charge in [-0.05, 0) is 37.5 Å². The number of hydrogen-bond donors (Lipinski definition) is 0. The quantitative estimate of drug-likeness (QED) is 0.747. The number of Topliss-reactive ketones (excluding diaryl/α,β-unsaturated/α-hetero) is 2. The van der Waals surface area contributed by atoms with Crippen LogP contribution in [-0.2, 0) is 10.8 Å². The average Bonchev–Trinajstić information content (AvgIpc) is 3.32. The summed E-state index contributed by atoms with van der Waals surface area (Å²) in [6.45, 7) is 1.96. The molecule has 0 aliphatic heterocycles. The second kappa shape index (κ2) is 5.98. The zero-order valence-electron chi connectivity index (χ0n) is 15.7. The normalized spacial score (nSPS) is 30.9. The Bertz CT molecular complexity index is 1070. The first-order chi connectivity index (χ1) is 13.5. The largest absolute Gasteiger partial charge is 0.496 e. The molecule has 5 atom stereocenters. The van der Waals surface area contributed by atoms with Crippen LogP contribution >= 0.6 is 0 Å². The Balaban J connectivity index is 1.76. The minimum Gasteiger partial charge on any atom is -0.496 e. The van der Waals surface area contributed by atoms with Crippen molar-refractivity contribution in [2.24, 2.45) is 17.8 Å². The first-order valence-corrected chi connectivity index (χ1v) is 10.6. The molecule has 5 rings (SSSR count). The second-order valence-corrected chi connectivity index (χ2v) is 9.50. The Morgan fingerprint density at radius 1 is 1.07 bits per heavy atom. The van der Waals surface area contributed by atoms with E-state index >= 15 is 0 Å². The van der Waals surface area contributed by atoms with Gasteiger partial charge in [0.25, 0.3) is 0 Å². The van der Waals surface area contributed by atoms with E-state index in [4.69, 9.17) is 4.74 Å². The molecular weight excluding hydrogens is 372 g/mol. The second-order valence-electron chi connectivity index (χ2n) is 7.82. The number of ketones is 2. The van der Waals surface area contributed by atoms with Gasteiger partial charge >= 0.3 is 0 Å². The van der Waals surface area contributed by atoms with Gasteiger partial charge < -0.3 is 4.74 Å². The van der Waals surface area contributed by atoms with Gasteiger partial charge in [0.15, 0.2) is 11.6 Å². The maximum Gasteiger partial charge on any atom is 0.184 e. The molecule has 1 fully saturated rings. The van der Waals surface area contributed by atoms with E-state index in [1.54, 1.807) is 18.2 Å². The SMILES string of the molecule is COc1cccc2c1C(=O)[C@@H]1[C@@H]3C=C[C@@H](C3)[C@]1(S(=O)c1ccc(C)cc1)C2=O. The van der Waals surface area contributed by atoms with E-state index in [0.29, 0.717) is 28.2 Å². The Morgan fingerprint density at radius 3 is 2.54 bits per heavy atom. The lowest BCUT2D eigenvalue weighted by Gasteiger charge is -2.42. The number of benzene rings is 2. The van der Waals surface area contributed by atoms with Crippen molar-refractivity contribution in [2.75, 3.05) is 7.11 Å². The number of hydrogen-bond acceptors (Lipinski definition) is 4. The molecular formula is C23H20O4S. The highest BCUT2D eigenvalue weighted by molar-refractivity contribution is 7.87. The predicted octanol–water partition coefficient (Wildman–Crippen LogP) is 3.75. The van der Waals surface area contributed by atoms with E-state index in [1.165, 1.54) is 7.11 Å². The average molecular weight is 392 g/mol. The molecule has 2 aromatic rings. The van der Waals surface area contributed by atoms with Crippen molar-refractivity contribution in [3.05, 3.63) is 71.3 Å². The minimum absolute atomic E-state index is 0.0612. The van der Waals surface area contributed by atoms with Crippen molar-refractivity contribution < 1.29 is 18.5 Å². The zero-order chi connectivity index (χ0) is 19.6. The standard InChI is InChI=1S/C23H20O4S/c1-13-6-10-16(11-7-13)28(26)23-15-9-8-14(12-15)20(23)21(24)19-17(22(23)25)4-3-5-18(19)27-2/h3-11,14-15,20H,12H2,1-2H3/t14-,15+,20+,23-,28?/m1/s1. The summed E-state index contributed by atoms with van der Waals surface area (Å²) in [6.07, 6.45) is 4.70. The molecule has 0 aromatic heterocycles. The topological polar surface area (TPSA) is 60.4 Å². The maximum atomic E-state index is 13.9. The molecule has 1 unspecified atom stereocenters. The lowest BCUT2D eigenvalue weighted by atomic mass is 9.68. The third kappa shape index (κ3) is 2.03. The van der Waals surface area contributed by atoms with Gasteiger partial charge in [-0.15, -0.1) is 0 Å². The van der Waals surface area contributed by atoms with E-state index in [-0.39, 0.29) is 23.4 Å². The van der Waals surface area contributed by atoms with Crippen molar-refractivity contribution in [1.82, 2.24) is 0 Å². The Labute approximate surface area is 166 Å². The van der Waals surface area contributed by atoms with Gasteiger partial charge in [-0.1, -0.05) is 42.0 Å².